The minimum absolute atomic E-state index is 0.398. The van der Waals surface area contributed by atoms with Crippen molar-refractivity contribution in [2.45, 2.75) is 44.3 Å². The van der Waals surface area contributed by atoms with Crippen molar-refractivity contribution in [2.75, 3.05) is 6.61 Å². The molecule has 0 aromatic carbocycles. The molecule has 0 amide bonds. The summed E-state index contributed by atoms with van der Waals surface area (Å²) in [4.78, 5) is 0.939. The number of ether oxygens (including phenoxy) is 1. The Labute approximate surface area is 119 Å². The van der Waals surface area contributed by atoms with Crippen LogP contribution in [0.25, 0.3) is 0 Å². The average molecular weight is 340 g/mol. The Morgan fingerprint density at radius 1 is 1.65 bits per heavy atom. The SMILES string of the molecule is OC(CCCC1CCCO1)c1cc(Br)c(Cl)s1. The Hall–Kier alpha value is 0.390. The fourth-order valence-electron chi connectivity index (χ4n) is 2.08. The van der Waals surface area contributed by atoms with Crippen LogP contribution < -0.4 is 0 Å². The minimum Gasteiger partial charge on any atom is -0.388 e. The zero-order valence-electron chi connectivity index (χ0n) is 9.49. The fraction of sp³-hybridized carbons (Fsp3) is 0.667. The van der Waals surface area contributed by atoms with Crippen molar-refractivity contribution in [3.63, 3.8) is 0 Å². The second-order valence-corrected chi connectivity index (χ2v) is 6.89. The third-order valence-electron chi connectivity index (χ3n) is 3.02. The molecule has 1 fully saturated rings. The van der Waals surface area contributed by atoms with Gasteiger partial charge in [0.15, 0.2) is 0 Å². The van der Waals surface area contributed by atoms with Crippen LogP contribution in [0, 0.1) is 0 Å². The number of rotatable bonds is 5. The molecule has 0 spiro atoms. The van der Waals surface area contributed by atoms with Crippen molar-refractivity contribution in [1.82, 2.24) is 0 Å². The maximum atomic E-state index is 10.0. The first-order valence-corrected chi connectivity index (χ1v) is 7.90. The molecule has 0 radical (unpaired) electrons. The van der Waals surface area contributed by atoms with E-state index in [1.54, 1.807) is 0 Å². The lowest BCUT2D eigenvalue weighted by Gasteiger charge is -2.11. The predicted octanol–water partition coefficient (Wildman–Crippen LogP) is 4.55. The highest BCUT2D eigenvalue weighted by Crippen LogP contribution is 2.36. The minimum atomic E-state index is -0.398. The summed E-state index contributed by atoms with van der Waals surface area (Å²) in [6.07, 6.45) is 5.21. The number of hydrogen-bond acceptors (Lipinski definition) is 3. The Morgan fingerprint density at radius 2 is 2.47 bits per heavy atom. The van der Waals surface area contributed by atoms with Crippen LogP contribution in [0.5, 0.6) is 0 Å². The first-order valence-electron chi connectivity index (χ1n) is 5.91. The van der Waals surface area contributed by atoms with Crippen molar-refractivity contribution in [1.29, 1.82) is 0 Å². The molecule has 1 saturated heterocycles. The first-order chi connectivity index (χ1) is 8.16. The summed E-state index contributed by atoms with van der Waals surface area (Å²) in [5.41, 5.74) is 0. The number of hydrogen-bond donors (Lipinski definition) is 1. The van der Waals surface area contributed by atoms with Gasteiger partial charge in [0.1, 0.15) is 4.34 Å². The molecule has 1 aliphatic heterocycles. The number of aliphatic hydroxyl groups excluding tert-OH is 1. The Balaban J connectivity index is 1.74. The van der Waals surface area contributed by atoms with Gasteiger partial charge < -0.3 is 9.84 Å². The second-order valence-electron chi connectivity index (χ2n) is 4.35. The number of aliphatic hydroxyl groups is 1. The van der Waals surface area contributed by atoms with Crippen molar-refractivity contribution in [3.8, 4) is 0 Å². The lowest BCUT2D eigenvalue weighted by molar-refractivity contribution is 0.0948. The van der Waals surface area contributed by atoms with Crippen LogP contribution in [0.2, 0.25) is 4.34 Å². The van der Waals surface area contributed by atoms with E-state index in [1.165, 1.54) is 24.2 Å². The summed E-state index contributed by atoms with van der Waals surface area (Å²) in [5.74, 6) is 0. The van der Waals surface area contributed by atoms with Gasteiger partial charge >= 0.3 is 0 Å². The van der Waals surface area contributed by atoms with E-state index in [4.69, 9.17) is 16.3 Å². The quantitative estimate of drug-likeness (QED) is 0.853. The summed E-state index contributed by atoms with van der Waals surface area (Å²) < 4.78 is 7.14. The van der Waals surface area contributed by atoms with Crippen LogP contribution >= 0.6 is 38.9 Å². The van der Waals surface area contributed by atoms with Gasteiger partial charge in [0.05, 0.1) is 12.2 Å². The van der Waals surface area contributed by atoms with E-state index in [1.807, 2.05) is 6.07 Å². The smallest absolute Gasteiger partial charge is 0.107 e. The maximum Gasteiger partial charge on any atom is 0.107 e. The molecule has 5 heteroatoms. The van der Waals surface area contributed by atoms with Gasteiger partial charge in [-0.25, -0.2) is 0 Å². The normalized spacial score (nSPS) is 21.9. The fourth-order valence-corrected chi connectivity index (χ4v) is 3.84. The molecule has 96 valence electrons. The first kappa shape index (κ1) is 13.8. The van der Waals surface area contributed by atoms with Crippen LogP contribution in [-0.2, 0) is 4.74 Å². The molecular formula is C12H16BrClO2S. The van der Waals surface area contributed by atoms with E-state index in [0.29, 0.717) is 10.4 Å². The largest absolute Gasteiger partial charge is 0.388 e. The maximum absolute atomic E-state index is 10.0. The standard InChI is InChI=1S/C12H16BrClO2S/c13-9-7-11(17-12(9)14)10(15)5-1-3-8-4-2-6-16-8/h7-8,10,15H,1-6H2. The molecule has 1 aromatic rings. The highest BCUT2D eigenvalue weighted by Gasteiger charge is 2.17. The van der Waals surface area contributed by atoms with Crippen LogP contribution in [0.4, 0.5) is 0 Å². The molecule has 17 heavy (non-hydrogen) atoms. The summed E-state index contributed by atoms with van der Waals surface area (Å²) >= 11 is 10.7. The molecule has 2 nitrogen and oxygen atoms in total. The van der Waals surface area contributed by atoms with E-state index >= 15 is 0 Å². The van der Waals surface area contributed by atoms with E-state index in [9.17, 15) is 5.11 Å². The zero-order chi connectivity index (χ0) is 12.3. The zero-order valence-corrected chi connectivity index (χ0v) is 12.7. The van der Waals surface area contributed by atoms with Gasteiger partial charge in [0.25, 0.3) is 0 Å². The van der Waals surface area contributed by atoms with E-state index in [2.05, 4.69) is 15.9 Å². The highest BCUT2D eigenvalue weighted by atomic mass is 79.9. The van der Waals surface area contributed by atoms with Crippen molar-refractivity contribution in [2.24, 2.45) is 0 Å². The molecule has 0 saturated carbocycles. The third kappa shape index (κ3) is 3.93. The summed E-state index contributed by atoms with van der Waals surface area (Å²) in [6, 6.07) is 1.91. The number of halogens is 2. The van der Waals surface area contributed by atoms with Gasteiger partial charge in [-0.1, -0.05) is 11.6 Å². The Morgan fingerprint density at radius 3 is 3.06 bits per heavy atom. The van der Waals surface area contributed by atoms with Gasteiger partial charge in [-0.15, -0.1) is 11.3 Å². The third-order valence-corrected chi connectivity index (χ3v) is 5.60. The van der Waals surface area contributed by atoms with Gasteiger partial charge in [-0.2, -0.15) is 0 Å². The summed E-state index contributed by atoms with van der Waals surface area (Å²) in [5, 5.41) is 10.0. The molecule has 0 aliphatic carbocycles. The second kappa shape index (κ2) is 6.53. The van der Waals surface area contributed by atoms with Crippen molar-refractivity contribution < 1.29 is 9.84 Å². The lowest BCUT2D eigenvalue weighted by atomic mass is 10.1. The Kier molecular flexibility index (Phi) is 5.30. The molecule has 1 aliphatic rings. The van der Waals surface area contributed by atoms with Gasteiger partial charge in [0.2, 0.25) is 0 Å². The molecule has 0 bridgehead atoms. The summed E-state index contributed by atoms with van der Waals surface area (Å²) in [7, 11) is 0. The monoisotopic (exact) mass is 338 g/mol. The predicted molar refractivity (Wildman–Crippen MR) is 74.8 cm³/mol. The van der Waals surface area contributed by atoms with E-state index in [-0.39, 0.29) is 0 Å². The van der Waals surface area contributed by atoms with Gasteiger partial charge in [-0.3, -0.25) is 0 Å². The van der Waals surface area contributed by atoms with Gasteiger partial charge in [0, 0.05) is 16.0 Å². The van der Waals surface area contributed by atoms with Crippen LogP contribution in [0.15, 0.2) is 10.5 Å². The van der Waals surface area contributed by atoms with Gasteiger partial charge in [-0.05, 0) is 54.1 Å². The lowest BCUT2D eigenvalue weighted by Crippen LogP contribution is -2.05. The van der Waals surface area contributed by atoms with Crippen LogP contribution in [0.3, 0.4) is 0 Å². The summed E-state index contributed by atoms with van der Waals surface area (Å²) in [6.45, 7) is 0.903. The van der Waals surface area contributed by atoms with Crippen molar-refractivity contribution in [3.05, 3.63) is 19.8 Å². The molecule has 2 heterocycles. The molecule has 2 unspecified atom stereocenters. The topological polar surface area (TPSA) is 29.5 Å². The number of thiophene rings is 1. The van der Waals surface area contributed by atoms with E-state index < -0.39 is 6.10 Å². The highest BCUT2D eigenvalue weighted by molar-refractivity contribution is 9.10. The van der Waals surface area contributed by atoms with Crippen molar-refractivity contribution >= 4 is 38.9 Å². The van der Waals surface area contributed by atoms with E-state index in [0.717, 1.165) is 35.2 Å². The molecule has 1 N–H and O–H groups in total. The van der Waals surface area contributed by atoms with Crippen LogP contribution in [0.1, 0.15) is 43.1 Å². The molecule has 1 aromatic heterocycles. The molecule has 2 atom stereocenters. The average Bonchev–Trinajstić information content (AvgIpc) is 2.90. The molecule has 2 rings (SSSR count). The van der Waals surface area contributed by atoms with Crippen LogP contribution in [-0.4, -0.2) is 17.8 Å². The molecular weight excluding hydrogens is 324 g/mol. The Bertz CT molecular complexity index is 344.